The van der Waals surface area contributed by atoms with Crippen LogP contribution in [0.3, 0.4) is 0 Å². The third kappa shape index (κ3) is 2.74. The standard InChI is InChI=1S/C15H12N4/c1-2-6-14-13(5-1)7-8-15(18-14)19-17-11-12-4-3-9-16-10-12/h1-11H,(H,18,19)/b17-11-. The van der Waals surface area contributed by atoms with Crippen LogP contribution in [-0.2, 0) is 0 Å². The number of aromatic nitrogens is 2. The van der Waals surface area contributed by atoms with Gasteiger partial charge in [-0.3, -0.25) is 10.4 Å². The third-order valence-corrected chi connectivity index (χ3v) is 2.68. The number of pyridine rings is 2. The first-order chi connectivity index (χ1) is 9.42. The molecule has 3 aromatic rings. The van der Waals surface area contributed by atoms with Gasteiger partial charge in [0, 0.05) is 23.3 Å². The Morgan fingerprint density at radius 1 is 1.00 bits per heavy atom. The van der Waals surface area contributed by atoms with E-state index in [1.54, 1.807) is 18.6 Å². The Hall–Kier alpha value is -2.75. The van der Waals surface area contributed by atoms with Crippen LogP contribution >= 0.6 is 0 Å². The van der Waals surface area contributed by atoms with E-state index in [1.165, 1.54) is 0 Å². The quantitative estimate of drug-likeness (QED) is 0.572. The van der Waals surface area contributed by atoms with Crippen LogP contribution in [0.1, 0.15) is 5.56 Å². The maximum atomic E-state index is 4.47. The first kappa shape index (κ1) is 11.3. The second-order valence-corrected chi connectivity index (χ2v) is 4.05. The molecule has 0 spiro atoms. The van der Waals surface area contributed by atoms with Gasteiger partial charge < -0.3 is 0 Å². The van der Waals surface area contributed by atoms with E-state index in [0.29, 0.717) is 0 Å². The molecule has 0 aliphatic heterocycles. The van der Waals surface area contributed by atoms with Crippen molar-refractivity contribution in [3.8, 4) is 0 Å². The fourth-order valence-corrected chi connectivity index (χ4v) is 1.75. The average molecular weight is 248 g/mol. The van der Waals surface area contributed by atoms with Crippen LogP contribution in [-0.4, -0.2) is 16.2 Å². The van der Waals surface area contributed by atoms with Crippen molar-refractivity contribution < 1.29 is 0 Å². The smallest absolute Gasteiger partial charge is 0.146 e. The summed E-state index contributed by atoms with van der Waals surface area (Å²) in [6.07, 6.45) is 5.19. The minimum Gasteiger partial charge on any atom is -0.264 e. The number of hydrogen-bond donors (Lipinski definition) is 1. The first-order valence-corrected chi connectivity index (χ1v) is 5.97. The van der Waals surface area contributed by atoms with E-state index < -0.39 is 0 Å². The molecule has 2 heterocycles. The molecular weight excluding hydrogens is 236 g/mol. The summed E-state index contributed by atoms with van der Waals surface area (Å²) in [5, 5.41) is 5.26. The maximum Gasteiger partial charge on any atom is 0.146 e. The molecule has 0 radical (unpaired) electrons. The Morgan fingerprint density at radius 3 is 2.84 bits per heavy atom. The lowest BCUT2D eigenvalue weighted by Gasteiger charge is -2.01. The summed E-state index contributed by atoms with van der Waals surface area (Å²) in [5.41, 5.74) is 4.80. The normalized spacial score (nSPS) is 10.9. The van der Waals surface area contributed by atoms with Crippen molar-refractivity contribution in [1.82, 2.24) is 9.97 Å². The fourth-order valence-electron chi connectivity index (χ4n) is 1.75. The Balaban J connectivity index is 1.77. The third-order valence-electron chi connectivity index (χ3n) is 2.68. The number of anilines is 1. The van der Waals surface area contributed by atoms with Crippen LogP contribution in [0.2, 0.25) is 0 Å². The molecule has 4 heteroatoms. The second-order valence-electron chi connectivity index (χ2n) is 4.05. The monoisotopic (exact) mass is 248 g/mol. The lowest BCUT2D eigenvalue weighted by molar-refractivity contribution is 1.26. The van der Waals surface area contributed by atoms with E-state index in [-0.39, 0.29) is 0 Å². The van der Waals surface area contributed by atoms with Gasteiger partial charge in [-0.2, -0.15) is 5.10 Å². The van der Waals surface area contributed by atoms with E-state index in [4.69, 9.17) is 0 Å². The average Bonchev–Trinajstić information content (AvgIpc) is 2.48. The van der Waals surface area contributed by atoms with Gasteiger partial charge in [0.2, 0.25) is 0 Å². The number of hydrogen-bond acceptors (Lipinski definition) is 4. The number of nitrogens with one attached hydrogen (secondary N) is 1. The number of hydrazone groups is 1. The van der Waals surface area contributed by atoms with Crippen molar-refractivity contribution in [3.63, 3.8) is 0 Å². The van der Waals surface area contributed by atoms with Crippen molar-refractivity contribution in [1.29, 1.82) is 0 Å². The summed E-state index contributed by atoms with van der Waals surface area (Å²) in [7, 11) is 0. The van der Waals surface area contributed by atoms with Gasteiger partial charge in [-0.15, -0.1) is 0 Å². The van der Waals surface area contributed by atoms with Crippen LogP contribution < -0.4 is 5.43 Å². The zero-order valence-corrected chi connectivity index (χ0v) is 10.2. The zero-order chi connectivity index (χ0) is 12.9. The van der Waals surface area contributed by atoms with Crippen LogP contribution in [0.25, 0.3) is 10.9 Å². The molecule has 3 rings (SSSR count). The molecule has 0 bridgehead atoms. The molecule has 1 N–H and O–H groups in total. The largest absolute Gasteiger partial charge is 0.264 e. The summed E-state index contributed by atoms with van der Waals surface area (Å²) < 4.78 is 0. The second kappa shape index (κ2) is 5.27. The number of para-hydroxylation sites is 1. The molecule has 0 aliphatic rings. The summed E-state index contributed by atoms with van der Waals surface area (Å²) in [5.74, 6) is 0.721. The van der Waals surface area contributed by atoms with Gasteiger partial charge in [0.25, 0.3) is 0 Å². The van der Waals surface area contributed by atoms with E-state index in [9.17, 15) is 0 Å². The highest BCUT2D eigenvalue weighted by Gasteiger charge is 1.95. The molecule has 92 valence electrons. The minimum atomic E-state index is 0.721. The molecule has 0 amide bonds. The van der Waals surface area contributed by atoms with Crippen LogP contribution in [0.15, 0.2) is 66.0 Å². The van der Waals surface area contributed by atoms with E-state index in [1.807, 2.05) is 48.5 Å². The summed E-state index contributed by atoms with van der Waals surface area (Å²) in [4.78, 5) is 8.48. The van der Waals surface area contributed by atoms with Crippen LogP contribution in [0, 0.1) is 0 Å². The molecule has 0 unspecified atom stereocenters. The highest BCUT2D eigenvalue weighted by molar-refractivity contribution is 5.81. The number of fused-ring (bicyclic) bond motifs is 1. The topological polar surface area (TPSA) is 50.2 Å². The molecule has 0 atom stereocenters. The van der Waals surface area contributed by atoms with Crippen LogP contribution in [0.4, 0.5) is 5.82 Å². The fraction of sp³-hybridized carbons (Fsp3) is 0. The van der Waals surface area contributed by atoms with Crippen molar-refractivity contribution >= 4 is 22.9 Å². The summed E-state index contributed by atoms with van der Waals surface area (Å²) >= 11 is 0. The van der Waals surface area contributed by atoms with Gasteiger partial charge in [-0.05, 0) is 24.3 Å². The molecule has 0 saturated heterocycles. The molecule has 1 aromatic carbocycles. The Bertz CT molecular complexity index is 707. The molecule has 19 heavy (non-hydrogen) atoms. The van der Waals surface area contributed by atoms with Gasteiger partial charge in [-0.1, -0.05) is 24.3 Å². The van der Waals surface area contributed by atoms with Gasteiger partial charge in [-0.25, -0.2) is 4.98 Å². The molecular formula is C15H12N4. The molecule has 4 nitrogen and oxygen atoms in total. The molecule has 0 aliphatic carbocycles. The summed E-state index contributed by atoms with van der Waals surface area (Å²) in [6.45, 7) is 0. The molecule has 0 saturated carbocycles. The predicted octanol–water partition coefficient (Wildman–Crippen LogP) is 3.08. The van der Waals surface area contributed by atoms with E-state index in [2.05, 4.69) is 20.5 Å². The van der Waals surface area contributed by atoms with Crippen molar-refractivity contribution in [2.24, 2.45) is 5.10 Å². The predicted molar refractivity (Wildman–Crippen MR) is 77.2 cm³/mol. The van der Waals surface area contributed by atoms with Gasteiger partial charge in [0.05, 0.1) is 11.7 Å². The summed E-state index contributed by atoms with van der Waals surface area (Å²) in [6, 6.07) is 15.7. The van der Waals surface area contributed by atoms with Gasteiger partial charge >= 0.3 is 0 Å². The highest BCUT2D eigenvalue weighted by Crippen LogP contribution is 2.14. The Morgan fingerprint density at radius 2 is 1.95 bits per heavy atom. The van der Waals surface area contributed by atoms with Gasteiger partial charge in [0.15, 0.2) is 0 Å². The molecule has 2 aromatic heterocycles. The number of nitrogens with zero attached hydrogens (tertiary/aromatic N) is 3. The zero-order valence-electron chi connectivity index (χ0n) is 10.2. The van der Waals surface area contributed by atoms with Gasteiger partial charge in [0.1, 0.15) is 5.82 Å². The minimum absolute atomic E-state index is 0.721. The van der Waals surface area contributed by atoms with E-state index >= 15 is 0 Å². The Kier molecular flexibility index (Phi) is 3.14. The van der Waals surface area contributed by atoms with Crippen molar-refractivity contribution in [2.75, 3.05) is 5.43 Å². The maximum absolute atomic E-state index is 4.47. The highest BCUT2D eigenvalue weighted by atomic mass is 15.3. The lowest BCUT2D eigenvalue weighted by Crippen LogP contribution is -1.93. The number of rotatable bonds is 3. The SMILES string of the molecule is C(=N/Nc1ccc2ccccc2n1)/c1cccnc1. The molecule has 0 fully saturated rings. The van der Waals surface area contributed by atoms with Crippen molar-refractivity contribution in [3.05, 3.63) is 66.5 Å². The number of benzene rings is 1. The van der Waals surface area contributed by atoms with Crippen molar-refractivity contribution in [2.45, 2.75) is 0 Å². The first-order valence-electron chi connectivity index (χ1n) is 5.97. The van der Waals surface area contributed by atoms with E-state index in [0.717, 1.165) is 22.3 Å². The van der Waals surface area contributed by atoms with Crippen LogP contribution in [0.5, 0.6) is 0 Å². The lowest BCUT2D eigenvalue weighted by atomic mass is 10.2. The Labute approximate surface area is 110 Å².